The highest BCUT2D eigenvalue weighted by atomic mass is 16.5. The first kappa shape index (κ1) is 17.5. The Kier molecular flexibility index (Phi) is 6.08. The molecule has 3 nitrogen and oxygen atoms in total. The van der Waals surface area contributed by atoms with Crippen LogP contribution in [-0.4, -0.2) is 43.2 Å². The highest BCUT2D eigenvalue weighted by Crippen LogP contribution is 2.36. The summed E-state index contributed by atoms with van der Waals surface area (Å²) >= 11 is 0. The van der Waals surface area contributed by atoms with Crippen molar-refractivity contribution in [3.8, 4) is 0 Å². The number of nitrogens with zero attached hydrogens (tertiary/aromatic N) is 1. The summed E-state index contributed by atoms with van der Waals surface area (Å²) in [5.41, 5.74) is 1.53. The molecule has 22 heavy (non-hydrogen) atoms. The number of hydrogen-bond donors (Lipinski definition) is 0. The molecule has 0 unspecified atom stereocenters. The maximum atomic E-state index is 12.1. The van der Waals surface area contributed by atoms with Crippen molar-refractivity contribution < 1.29 is 14.0 Å². The van der Waals surface area contributed by atoms with Gasteiger partial charge in [-0.1, -0.05) is 25.5 Å². The van der Waals surface area contributed by atoms with E-state index in [2.05, 4.69) is 26.8 Å². The summed E-state index contributed by atoms with van der Waals surface area (Å²) in [6.07, 6.45) is 7.50. The van der Waals surface area contributed by atoms with Crippen molar-refractivity contribution in [3.05, 3.63) is 11.6 Å². The van der Waals surface area contributed by atoms with Gasteiger partial charge in [-0.15, -0.1) is 0 Å². The summed E-state index contributed by atoms with van der Waals surface area (Å²) in [5.74, 6) is 2.03. The number of rotatable bonds is 5. The van der Waals surface area contributed by atoms with Gasteiger partial charge in [0.05, 0.1) is 26.2 Å². The Balaban J connectivity index is 2.10. The highest BCUT2D eigenvalue weighted by molar-refractivity contribution is 5.70. The first-order valence-corrected chi connectivity index (χ1v) is 9.14. The predicted octanol–water partition coefficient (Wildman–Crippen LogP) is 3.79. The summed E-state index contributed by atoms with van der Waals surface area (Å²) < 4.78 is 6.23. The van der Waals surface area contributed by atoms with Gasteiger partial charge in [0.15, 0.2) is 6.54 Å². The molecule has 1 heterocycles. The van der Waals surface area contributed by atoms with Crippen molar-refractivity contribution in [2.75, 3.05) is 32.8 Å². The maximum Gasteiger partial charge on any atom is 0.361 e. The molecule has 0 saturated carbocycles. The second kappa shape index (κ2) is 7.63. The fourth-order valence-corrected chi connectivity index (χ4v) is 4.68. The number of carbonyl (C=O) groups is 1. The van der Waals surface area contributed by atoms with Crippen molar-refractivity contribution in [2.24, 2.45) is 17.8 Å². The van der Waals surface area contributed by atoms with Crippen LogP contribution in [0.1, 0.15) is 53.4 Å². The molecule has 0 aromatic carbocycles. The number of likely N-dealkylation sites (tertiary alicyclic amines) is 1. The van der Waals surface area contributed by atoms with Gasteiger partial charge in [-0.3, -0.25) is 0 Å². The van der Waals surface area contributed by atoms with E-state index >= 15 is 0 Å². The summed E-state index contributed by atoms with van der Waals surface area (Å²) in [4.78, 5) is 12.1. The lowest BCUT2D eigenvalue weighted by atomic mass is 9.74. The molecule has 0 radical (unpaired) electrons. The fourth-order valence-electron chi connectivity index (χ4n) is 4.68. The Morgan fingerprint density at radius 3 is 2.55 bits per heavy atom. The number of esters is 1. The van der Waals surface area contributed by atoms with E-state index in [1.165, 1.54) is 31.3 Å². The molecular formula is C19H34NO2+. The highest BCUT2D eigenvalue weighted by Gasteiger charge is 2.39. The molecule has 0 spiro atoms. The predicted molar refractivity (Wildman–Crippen MR) is 90.4 cm³/mol. The molecule has 3 atom stereocenters. The van der Waals surface area contributed by atoms with E-state index in [9.17, 15) is 4.79 Å². The van der Waals surface area contributed by atoms with Crippen LogP contribution < -0.4 is 0 Å². The molecule has 1 aliphatic heterocycles. The first-order chi connectivity index (χ1) is 10.5. The van der Waals surface area contributed by atoms with Crippen LogP contribution in [0.5, 0.6) is 0 Å². The van der Waals surface area contributed by atoms with Gasteiger partial charge < -0.3 is 9.22 Å². The molecule has 1 fully saturated rings. The summed E-state index contributed by atoms with van der Waals surface area (Å²) in [7, 11) is 0. The van der Waals surface area contributed by atoms with Gasteiger partial charge in [-0.05, 0) is 51.4 Å². The van der Waals surface area contributed by atoms with Crippen LogP contribution in [0.2, 0.25) is 0 Å². The molecule has 1 saturated heterocycles. The van der Waals surface area contributed by atoms with Gasteiger partial charge >= 0.3 is 5.97 Å². The molecule has 3 heteroatoms. The summed E-state index contributed by atoms with van der Waals surface area (Å²) in [5, 5.41) is 0. The van der Waals surface area contributed by atoms with Crippen molar-refractivity contribution in [3.63, 3.8) is 0 Å². The third-order valence-electron chi connectivity index (χ3n) is 5.73. The maximum absolute atomic E-state index is 12.1. The molecule has 0 aromatic heterocycles. The van der Waals surface area contributed by atoms with Crippen LogP contribution in [0, 0.1) is 17.8 Å². The number of allylic oxidation sites excluding steroid dienone is 2. The van der Waals surface area contributed by atoms with Gasteiger partial charge in [0.1, 0.15) is 0 Å². The number of piperidine rings is 1. The van der Waals surface area contributed by atoms with Crippen LogP contribution >= 0.6 is 0 Å². The number of hydrogen-bond acceptors (Lipinski definition) is 2. The quantitative estimate of drug-likeness (QED) is 0.439. The molecule has 2 rings (SSSR count). The van der Waals surface area contributed by atoms with Crippen LogP contribution in [0.25, 0.3) is 0 Å². The van der Waals surface area contributed by atoms with Crippen LogP contribution in [0.4, 0.5) is 0 Å². The van der Waals surface area contributed by atoms with Gasteiger partial charge in [-0.25, -0.2) is 4.79 Å². The third-order valence-corrected chi connectivity index (χ3v) is 5.73. The average molecular weight is 308 g/mol. The zero-order valence-electron chi connectivity index (χ0n) is 14.9. The van der Waals surface area contributed by atoms with E-state index in [-0.39, 0.29) is 5.97 Å². The lowest BCUT2D eigenvalue weighted by Crippen LogP contribution is -2.58. The Morgan fingerprint density at radius 2 is 1.95 bits per heavy atom. The smallest absolute Gasteiger partial charge is 0.361 e. The molecule has 0 N–H and O–H groups in total. The normalized spacial score (nSPS) is 31.5. The van der Waals surface area contributed by atoms with E-state index < -0.39 is 0 Å². The first-order valence-electron chi connectivity index (χ1n) is 9.14. The SMILES string of the molecule is CCOC(=O)C[N+]1(C[C@@H]2[C@H](C)C=C(C)C[C@@H]2C)CCCCC1. The Hall–Kier alpha value is -0.830. The minimum absolute atomic E-state index is 0.00719. The molecule has 0 bridgehead atoms. The monoisotopic (exact) mass is 308 g/mol. The average Bonchev–Trinajstić information content (AvgIpc) is 2.44. The van der Waals surface area contributed by atoms with Gasteiger partial charge in [0.2, 0.25) is 0 Å². The van der Waals surface area contributed by atoms with Gasteiger partial charge in [0, 0.05) is 5.92 Å². The number of quaternary nitrogens is 1. The van der Waals surface area contributed by atoms with Crippen molar-refractivity contribution in [1.29, 1.82) is 0 Å². The molecule has 0 aromatic rings. The number of ether oxygens (including phenoxy) is 1. The second-order valence-electron chi connectivity index (χ2n) is 7.71. The second-order valence-corrected chi connectivity index (χ2v) is 7.71. The van der Waals surface area contributed by atoms with Crippen LogP contribution in [0.3, 0.4) is 0 Å². The van der Waals surface area contributed by atoms with Crippen molar-refractivity contribution in [1.82, 2.24) is 0 Å². The van der Waals surface area contributed by atoms with E-state index in [0.717, 1.165) is 30.0 Å². The van der Waals surface area contributed by atoms with E-state index in [1.54, 1.807) is 0 Å². The van der Waals surface area contributed by atoms with E-state index in [0.29, 0.717) is 25.0 Å². The molecule has 2 aliphatic rings. The van der Waals surface area contributed by atoms with E-state index in [1.807, 2.05) is 6.92 Å². The zero-order valence-corrected chi connectivity index (χ0v) is 14.9. The van der Waals surface area contributed by atoms with Crippen molar-refractivity contribution >= 4 is 5.97 Å². The Morgan fingerprint density at radius 1 is 1.27 bits per heavy atom. The zero-order chi connectivity index (χ0) is 16.2. The van der Waals surface area contributed by atoms with Crippen LogP contribution in [-0.2, 0) is 9.53 Å². The lowest BCUT2D eigenvalue weighted by molar-refractivity contribution is -0.929. The minimum Gasteiger partial charge on any atom is -0.462 e. The van der Waals surface area contributed by atoms with E-state index in [4.69, 9.17) is 4.74 Å². The van der Waals surface area contributed by atoms with Crippen LogP contribution in [0.15, 0.2) is 11.6 Å². The summed E-state index contributed by atoms with van der Waals surface area (Å²) in [6.45, 7) is 13.4. The number of carbonyl (C=O) groups excluding carboxylic acids is 1. The lowest BCUT2D eigenvalue weighted by Gasteiger charge is -2.46. The Labute approximate surface area is 136 Å². The topological polar surface area (TPSA) is 26.3 Å². The largest absolute Gasteiger partial charge is 0.462 e. The van der Waals surface area contributed by atoms with Gasteiger partial charge in [0.25, 0.3) is 0 Å². The minimum atomic E-state index is -0.00719. The standard InChI is InChI=1S/C19H34NO2/c1-5-22-19(21)14-20(9-7-6-8-10-20)13-18-16(3)11-15(2)12-17(18)4/h11,16-18H,5-10,12-14H2,1-4H3/q+1/t16-,17+,18-/m1/s1. The fraction of sp³-hybridized carbons (Fsp3) is 0.842. The molecular weight excluding hydrogens is 274 g/mol. The molecule has 1 aliphatic carbocycles. The Bertz CT molecular complexity index is 410. The van der Waals surface area contributed by atoms with Crippen molar-refractivity contribution in [2.45, 2.75) is 53.4 Å². The molecule has 0 amide bonds. The third kappa shape index (κ3) is 4.34. The van der Waals surface area contributed by atoms with Gasteiger partial charge in [-0.2, -0.15) is 0 Å². The summed E-state index contributed by atoms with van der Waals surface area (Å²) in [6, 6.07) is 0. The molecule has 126 valence electrons.